The minimum Gasteiger partial charge on any atom is -0.507 e. The molecule has 5 nitrogen and oxygen atoms in total. The zero-order chi connectivity index (χ0) is 21.4. The molecule has 1 saturated heterocycles. The number of ketones is 1. The summed E-state index contributed by atoms with van der Waals surface area (Å²) in [6.45, 7) is 4.15. The van der Waals surface area contributed by atoms with Gasteiger partial charge in [0.15, 0.2) is 5.13 Å². The number of Topliss-reactive ketones (excluding diaryl/α,β-unsaturated/α-hetero) is 1. The van der Waals surface area contributed by atoms with Crippen LogP contribution in [0.15, 0.2) is 65.7 Å². The second-order valence-corrected chi connectivity index (χ2v) is 8.19. The summed E-state index contributed by atoms with van der Waals surface area (Å²) >= 11 is 1.23. The van der Waals surface area contributed by atoms with Crippen molar-refractivity contribution in [2.75, 3.05) is 4.90 Å². The summed E-state index contributed by atoms with van der Waals surface area (Å²) in [5.41, 5.74) is 2.01. The van der Waals surface area contributed by atoms with E-state index in [1.54, 1.807) is 11.6 Å². The molecule has 0 radical (unpaired) electrons. The number of carbonyl (C=O) groups is 2. The van der Waals surface area contributed by atoms with Crippen molar-refractivity contribution in [1.82, 2.24) is 4.98 Å². The van der Waals surface area contributed by atoms with Gasteiger partial charge in [-0.3, -0.25) is 14.5 Å². The second-order valence-electron chi connectivity index (χ2n) is 7.31. The highest BCUT2D eigenvalue weighted by molar-refractivity contribution is 7.14. The number of hydrogen-bond acceptors (Lipinski definition) is 5. The Morgan fingerprint density at radius 1 is 1.10 bits per heavy atom. The van der Waals surface area contributed by atoms with Gasteiger partial charge in [-0.25, -0.2) is 9.37 Å². The first-order valence-corrected chi connectivity index (χ1v) is 10.3. The Bertz CT molecular complexity index is 1120. The molecule has 1 aromatic heterocycles. The van der Waals surface area contributed by atoms with Gasteiger partial charge in [-0.2, -0.15) is 0 Å². The Balaban J connectivity index is 1.90. The number of nitrogens with zero attached hydrogens (tertiary/aromatic N) is 2. The summed E-state index contributed by atoms with van der Waals surface area (Å²) in [5.74, 6) is -2.04. The number of aromatic nitrogens is 1. The average molecular weight is 422 g/mol. The summed E-state index contributed by atoms with van der Waals surface area (Å²) in [5, 5.41) is 13.0. The lowest BCUT2D eigenvalue weighted by Crippen LogP contribution is -2.29. The van der Waals surface area contributed by atoms with Crippen LogP contribution in [0.2, 0.25) is 0 Å². The molecule has 1 fully saturated rings. The molecule has 1 amide bonds. The molecule has 1 N–H and O–H groups in total. The van der Waals surface area contributed by atoms with Crippen LogP contribution in [0, 0.1) is 5.82 Å². The number of halogens is 1. The van der Waals surface area contributed by atoms with Gasteiger partial charge in [0.25, 0.3) is 5.78 Å². The fourth-order valence-corrected chi connectivity index (χ4v) is 4.17. The van der Waals surface area contributed by atoms with Gasteiger partial charge in [0.1, 0.15) is 11.6 Å². The minimum atomic E-state index is -0.831. The number of aliphatic hydroxyl groups is 1. The third-order valence-corrected chi connectivity index (χ3v) is 5.88. The Kier molecular flexibility index (Phi) is 5.22. The smallest absolute Gasteiger partial charge is 0.301 e. The van der Waals surface area contributed by atoms with Crippen molar-refractivity contribution >= 4 is 33.9 Å². The first-order chi connectivity index (χ1) is 14.4. The summed E-state index contributed by atoms with van der Waals surface area (Å²) in [4.78, 5) is 31.4. The van der Waals surface area contributed by atoms with Crippen LogP contribution in [0.1, 0.15) is 42.5 Å². The number of thiazole rings is 1. The van der Waals surface area contributed by atoms with Crippen molar-refractivity contribution < 1.29 is 19.1 Å². The maximum atomic E-state index is 13.3. The average Bonchev–Trinajstić information content (AvgIpc) is 3.35. The molecule has 1 unspecified atom stereocenters. The molecule has 1 aliphatic rings. The monoisotopic (exact) mass is 422 g/mol. The molecule has 2 aromatic carbocycles. The lowest BCUT2D eigenvalue weighted by atomic mass is 9.93. The minimum absolute atomic E-state index is 0.0425. The molecule has 30 heavy (non-hydrogen) atoms. The van der Waals surface area contributed by atoms with E-state index in [9.17, 15) is 19.1 Å². The Labute approximate surface area is 177 Å². The van der Waals surface area contributed by atoms with E-state index in [0.29, 0.717) is 16.6 Å². The molecule has 0 bridgehead atoms. The van der Waals surface area contributed by atoms with E-state index in [-0.39, 0.29) is 16.9 Å². The van der Waals surface area contributed by atoms with Crippen LogP contribution in [-0.2, 0) is 9.59 Å². The molecule has 152 valence electrons. The predicted octanol–water partition coefficient (Wildman–Crippen LogP) is 5.03. The molecule has 0 saturated carbocycles. The van der Waals surface area contributed by atoms with Crippen LogP contribution in [0.3, 0.4) is 0 Å². The predicted molar refractivity (Wildman–Crippen MR) is 114 cm³/mol. The Morgan fingerprint density at radius 3 is 2.33 bits per heavy atom. The maximum absolute atomic E-state index is 13.3. The lowest BCUT2D eigenvalue weighted by Gasteiger charge is -2.23. The number of rotatable bonds is 4. The Morgan fingerprint density at radius 2 is 1.77 bits per heavy atom. The number of hydrogen-bond donors (Lipinski definition) is 1. The molecule has 0 spiro atoms. The van der Waals surface area contributed by atoms with Gasteiger partial charge in [0.2, 0.25) is 0 Å². The van der Waals surface area contributed by atoms with Gasteiger partial charge < -0.3 is 5.11 Å². The van der Waals surface area contributed by atoms with E-state index in [1.165, 1.54) is 40.5 Å². The quantitative estimate of drug-likeness (QED) is 0.364. The van der Waals surface area contributed by atoms with Crippen LogP contribution >= 0.6 is 11.3 Å². The maximum Gasteiger partial charge on any atom is 0.301 e. The van der Waals surface area contributed by atoms with Crippen LogP contribution in [-0.4, -0.2) is 21.8 Å². The SMILES string of the molecule is CC(C)c1ccc(C2/C(=C(/O)c3ccc(F)cc3)C(=O)C(=O)N2c2nccs2)cc1. The van der Waals surface area contributed by atoms with Crippen LogP contribution < -0.4 is 4.90 Å². The number of benzene rings is 2. The zero-order valence-corrected chi connectivity index (χ0v) is 17.2. The molecule has 2 heterocycles. The molecular formula is C23H19FN2O3S. The highest BCUT2D eigenvalue weighted by atomic mass is 32.1. The fraction of sp³-hybridized carbons (Fsp3) is 0.174. The number of anilines is 1. The van der Waals surface area contributed by atoms with Crippen molar-refractivity contribution in [2.45, 2.75) is 25.8 Å². The van der Waals surface area contributed by atoms with Crippen molar-refractivity contribution in [3.05, 3.63) is 88.2 Å². The van der Waals surface area contributed by atoms with Crippen molar-refractivity contribution in [1.29, 1.82) is 0 Å². The number of aliphatic hydroxyl groups excluding tert-OH is 1. The summed E-state index contributed by atoms with van der Waals surface area (Å²) in [7, 11) is 0. The van der Waals surface area contributed by atoms with Crippen LogP contribution in [0.4, 0.5) is 9.52 Å². The number of carbonyl (C=O) groups excluding carboxylic acids is 2. The summed E-state index contributed by atoms with van der Waals surface area (Å²) < 4.78 is 13.3. The van der Waals surface area contributed by atoms with Crippen molar-refractivity contribution in [3.8, 4) is 0 Å². The molecule has 4 rings (SSSR count). The molecule has 3 aromatic rings. The van der Waals surface area contributed by atoms with Crippen LogP contribution in [0.25, 0.3) is 5.76 Å². The van der Waals surface area contributed by atoms with E-state index in [2.05, 4.69) is 18.8 Å². The molecule has 7 heteroatoms. The first-order valence-electron chi connectivity index (χ1n) is 9.44. The largest absolute Gasteiger partial charge is 0.507 e. The topological polar surface area (TPSA) is 70.5 Å². The molecular weight excluding hydrogens is 403 g/mol. The molecule has 0 aliphatic carbocycles. The van der Waals surface area contributed by atoms with E-state index in [1.807, 2.05) is 24.3 Å². The molecule has 1 aliphatic heterocycles. The van der Waals surface area contributed by atoms with Gasteiger partial charge in [-0.1, -0.05) is 38.1 Å². The van der Waals surface area contributed by atoms with Gasteiger partial charge in [-0.05, 0) is 41.3 Å². The highest BCUT2D eigenvalue weighted by Gasteiger charge is 2.47. The second kappa shape index (κ2) is 7.84. The molecule has 1 atom stereocenters. The van der Waals surface area contributed by atoms with Gasteiger partial charge >= 0.3 is 5.91 Å². The lowest BCUT2D eigenvalue weighted by molar-refractivity contribution is -0.132. The van der Waals surface area contributed by atoms with Crippen LogP contribution in [0.5, 0.6) is 0 Å². The standard InChI is InChI=1S/C23H19FN2O3S/c1-13(2)14-3-5-15(6-4-14)19-18(20(27)16-7-9-17(24)10-8-16)21(28)22(29)26(19)23-25-11-12-30-23/h3-13,19,27H,1-2H3/b20-18-. The highest BCUT2D eigenvalue weighted by Crippen LogP contribution is 2.42. The normalized spacial score (nSPS) is 18.4. The third-order valence-electron chi connectivity index (χ3n) is 5.11. The number of amides is 1. The van der Waals surface area contributed by atoms with Gasteiger partial charge in [0.05, 0.1) is 11.6 Å². The van der Waals surface area contributed by atoms with E-state index < -0.39 is 23.5 Å². The zero-order valence-electron chi connectivity index (χ0n) is 16.4. The van der Waals surface area contributed by atoms with Crippen molar-refractivity contribution in [3.63, 3.8) is 0 Å². The summed E-state index contributed by atoms with van der Waals surface area (Å²) in [6, 6.07) is 11.9. The van der Waals surface area contributed by atoms with E-state index >= 15 is 0 Å². The third kappa shape index (κ3) is 3.41. The van der Waals surface area contributed by atoms with E-state index in [0.717, 1.165) is 5.56 Å². The van der Waals surface area contributed by atoms with Gasteiger partial charge in [0, 0.05) is 17.1 Å². The van der Waals surface area contributed by atoms with E-state index in [4.69, 9.17) is 0 Å². The summed E-state index contributed by atoms with van der Waals surface area (Å²) in [6.07, 6.45) is 1.55. The fourth-order valence-electron chi connectivity index (χ4n) is 3.51. The van der Waals surface area contributed by atoms with Crippen molar-refractivity contribution in [2.24, 2.45) is 0 Å². The Hall–Kier alpha value is -3.32. The first kappa shape index (κ1) is 20.0. The van der Waals surface area contributed by atoms with Gasteiger partial charge in [-0.15, -0.1) is 11.3 Å².